The molecule has 120 valence electrons. The van der Waals surface area contributed by atoms with Crippen LogP contribution in [0, 0.1) is 0 Å². The summed E-state index contributed by atoms with van der Waals surface area (Å²) in [5.74, 6) is 0. The van der Waals surface area contributed by atoms with Crippen LogP contribution in [0.3, 0.4) is 0 Å². The van der Waals surface area contributed by atoms with Crippen molar-refractivity contribution in [1.82, 2.24) is 0 Å². The van der Waals surface area contributed by atoms with E-state index in [4.69, 9.17) is 4.43 Å². The molecule has 1 aliphatic rings. The molecule has 0 radical (unpaired) electrons. The van der Waals surface area contributed by atoms with Crippen molar-refractivity contribution in [2.75, 3.05) is 0 Å². The summed E-state index contributed by atoms with van der Waals surface area (Å²) < 4.78 is 7.18. The molecule has 0 aromatic heterocycles. The molecule has 0 saturated carbocycles. The van der Waals surface area contributed by atoms with E-state index in [1.54, 1.807) is 0 Å². The van der Waals surface area contributed by atoms with Crippen LogP contribution < -0.4 is 0 Å². The van der Waals surface area contributed by atoms with Crippen molar-refractivity contribution in [3.8, 4) is 0 Å². The summed E-state index contributed by atoms with van der Waals surface area (Å²) in [6.45, 7) is 19.6. The van der Waals surface area contributed by atoms with E-state index in [0.29, 0.717) is 5.04 Å². The van der Waals surface area contributed by atoms with Crippen LogP contribution in [0.4, 0.5) is 0 Å². The highest BCUT2D eigenvalue weighted by molar-refractivity contribution is 6.83. The SMILES string of the molecule is CCC[Si](C)(C)C(CC)(CC)O[Si]1(C)CCC1(C)CC. The number of rotatable bonds is 8. The Morgan fingerprint density at radius 2 is 1.70 bits per heavy atom. The normalized spacial score (nSPS) is 31.2. The van der Waals surface area contributed by atoms with Crippen LogP contribution in [0.5, 0.6) is 0 Å². The Labute approximate surface area is 130 Å². The highest BCUT2D eigenvalue weighted by Crippen LogP contribution is 2.60. The Morgan fingerprint density at radius 3 is 2.00 bits per heavy atom. The predicted octanol–water partition coefficient (Wildman–Crippen LogP) is 6.37. The summed E-state index contributed by atoms with van der Waals surface area (Å²) in [6, 6.07) is 2.79. The van der Waals surface area contributed by atoms with E-state index in [-0.39, 0.29) is 5.22 Å². The molecule has 1 heterocycles. The average Bonchev–Trinajstić information content (AvgIpc) is 2.42. The maximum atomic E-state index is 7.18. The maximum absolute atomic E-state index is 7.18. The molecule has 0 aliphatic carbocycles. The smallest absolute Gasteiger partial charge is 0.195 e. The predicted molar refractivity (Wildman–Crippen MR) is 96.7 cm³/mol. The Hall–Kier alpha value is 0.394. The monoisotopic (exact) mass is 314 g/mol. The minimum atomic E-state index is -1.53. The van der Waals surface area contributed by atoms with Gasteiger partial charge in [0.1, 0.15) is 0 Å². The fourth-order valence-corrected chi connectivity index (χ4v) is 13.9. The summed E-state index contributed by atoms with van der Waals surface area (Å²) >= 11 is 0. The highest BCUT2D eigenvalue weighted by Gasteiger charge is 2.60. The second-order valence-corrected chi connectivity index (χ2v) is 17.6. The van der Waals surface area contributed by atoms with Gasteiger partial charge in [-0.15, -0.1) is 0 Å². The first-order valence-electron chi connectivity index (χ1n) is 8.86. The van der Waals surface area contributed by atoms with E-state index in [1.165, 1.54) is 44.2 Å². The number of hydrogen-bond donors (Lipinski definition) is 0. The van der Waals surface area contributed by atoms with Gasteiger partial charge in [0.15, 0.2) is 8.32 Å². The quantitative estimate of drug-likeness (QED) is 0.473. The van der Waals surface area contributed by atoms with Crippen molar-refractivity contribution in [1.29, 1.82) is 0 Å². The van der Waals surface area contributed by atoms with Gasteiger partial charge in [-0.1, -0.05) is 66.6 Å². The Kier molecular flexibility index (Phi) is 5.77. The van der Waals surface area contributed by atoms with E-state index in [9.17, 15) is 0 Å². The molecule has 3 heteroatoms. The first kappa shape index (κ1) is 18.4. The summed E-state index contributed by atoms with van der Waals surface area (Å²) in [5.41, 5.74) is 0. The first-order valence-corrected chi connectivity index (χ1v) is 14.7. The van der Waals surface area contributed by atoms with Crippen molar-refractivity contribution < 1.29 is 4.43 Å². The van der Waals surface area contributed by atoms with Gasteiger partial charge in [-0.25, -0.2) is 0 Å². The molecule has 0 aromatic rings. The lowest BCUT2D eigenvalue weighted by Gasteiger charge is -2.60. The molecule has 1 fully saturated rings. The van der Waals surface area contributed by atoms with Crippen LogP contribution in [-0.2, 0) is 4.43 Å². The molecular formula is C17H38OSi2. The minimum absolute atomic E-state index is 0.223. The molecule has 1 saturated heterocycles. The fraction of sp³-hybridized carbons (Fsp3) is 1.00. The van der Waals surface area contributed by atoms with Crippen LogP contribution >= 0.6 is 0 Å². The first-order chi connectivity index (χ1) is 9.16. The van der Waals surface area contributed by atoms with Crippen molar-refractivity contribution >= 4 is 16.4 Å². The molecule has 20 heavy (non-hydrogen) atoms. The van der Waals surface area contributed by atoms with Crippen molar-refractivity contribution in [3.63, 3.8) is 0 Å². The average molecular weight is 315 g/mol. The second-order valence-electron chi connectivity index (χ2n) is 8.08. The van der Waals surface area contributed by atoms with Crippen molar-refractivity contribution in [2.45, 2.75) is 109 Å². The van der Waals surface area contributed by atoms with Crippen LogP contribution in [-0.4, -0.2) is 21.6 Å². The van der Waals surface area contributed by atoms with Gasteiger partial charge in [-0.2, -0.15) is 0 Å². The Morgan fingerprint density at radius 1 is 1.15 bits per heavy atom. The lowest BCUT2D eigenvalue weighted by molar-refractivity contribution is 0.0973. The highest BCUT2D eigenvalue weighted by atomic mass is 28.4. The van der Waals surface area contributed by atoms with E-state index in [0.717, 1.165) is 0 Å². The minimum Gasteiger partial charge on any atom is -0.414 e. The van der Waals surface area contributed by atoms with Crippen LogP contribution in [0.15, 0.2) is 0 Å². The van der Waals surface area contributed by atoms with Gasteiger partial charge in [0.2, 0.25) is 0 Å². The largest absolute Gasteiger partial charge is 0.414 e. The maximum Gasteiger partial charge on any atom is 0.195 e. The van der Waals surface area contributed by atoms with E-state index in [2.05, 4.69) is 54.3 Å². The Balaban J connectivity index is 3.04. The lowest BCUT2D eigenvalue weighted by Crippen LogP contribution is -2.66. The van der Waals surface area contributed by atoms with Crippen molar-refractivity contribution in [3.05, 3.63) is 0 Å². The summed E-state index contributed by atoms with van der Waals surface area (Å²) in [4.78, 5) is 0. The Bertz CT molecular complexity index is 321. The van der Waals surface area contributed by atoms with Gasteiger partial charge in [0.25, 0.3) is 0 Å². The zero-order valence-electron chi connectivity index (χ0n) is 15.4. The van der Waals surface area contributed by atoms with E-state index < -0.39 is 16.4 Å². The molecule has 0 amide bonds. The summed E-state index contributed by atoms with van der Waals surface area (Å²) in [6.07, 6.45) is 6.43. The van der Waals surface area contributed by atoms with Gasteiger partial charge < -0.3 is 4.43 Å². The molecule has 0 spiro atoms. The van der Waals surface area contributed by atoms with Gasteiger partial charge >= 0.3 is 0 Å². The van der Waals surface area contributed by atoms with Crippen molar-refractivity contribution in [2.24, 2.45) is 0 Å². The van der Waals surface area contributed by atoms with Crippen LogP contribution in [0.25, 0.3) is 0 Å². The van der Waals surface area contributed by atoms with E-state index in [1.807, 2.05) is 0 Å². The lowest BCUT2D eigenvalue weighted by atomic mass is 10.0. The van der Waals surface area contributed by atoms with Crippen LogP contribution in [0.1, 0.15) is 66.7 Å². The van der Waals surface area contributed by atoms with Gasteiger partial charge in [0, 0.05) is 5.22 Å². The second kappa shape index (κ2) is 6.25. The molecule has 0 aromatic carbocycles. The zero-order chi connectivity index (χ0) is 15.7. The molecule has 2 unspecified atom stereocenters. The third-order valence-corrected chi connectivity index (χ3v) is 17.3. The summed E-state index contributed by atoms with van der Waals surface area (Å²) in [5, 5.41) is 0.750. The zero-order valence-corrected chi connectivity index (χ0v) is 17.4. The molecule has 0 N–H and O–H groups in total. The molecule has 1 rings (SSSR count). The molecule has 1 nitrogen and oxygen atoms in total. The standard InChI is InChI=1S/C17H38OSi2/c1-9-14-19(6,7)17(11-3,12-4)18-20(8)15-13-16(20,5)10-2/h9-15H2,1-8H3. The summed E-state index contributed by atoms with van der Waals surface area (Å²) in [7, 11) is -2.87. The van der Waals surface area contributed by atoms with Gasteiger partial charge in [0.05, 0.1) is 8.07 Å². The third kappa shape index (κ3) is 2.82. The van der Waals surface area contributed by atoms with Gasteiger partial charge in [-0.05, 0) is 36.9 Å². The molecule has 2 atom stereocenters. The number of hydrogen-bond acceptors (Lipinski definition) is 1. The molecule has 1 aliphatic heterocycles. The van der Waals surface area contributed by atoms with Crippen LogP contribution in [0.2, 0.25) is 36.8 Å². The van der Waals surface area contributed by atoms with E-state index >= 15 is 0 Å². The fourth-order valence-electron chi connectivity index (χ4n) is 4.40. The molecular weight excluding hydrogens is 276 g/mol. The third-order valence-electron chi connectivity index (χ3n) is 6.88. The van der Waals surface area contributed by atoms with Gasteiger partial charge in [-0.3, -0.25) is 0 Å². The topological polar surface area (TPSA) is 9.23 Å². The molecule has 0 bridgehead atoms.